The van der Waals surface area contributed by atoms with Gasteiger partial charge in [0.25, 0.3) is 15.9 Å². The average Bonchev–Trinajstić information content (AvgIpc) is 3.49. The number of likely N-dealkylation sites (tertiary alicyclic amines) is 1. The first-order chi connectivity index (χ1) is 19.1. The Hall–Kier alpha value is -3.44. The molecule has 4 rings (SSSR count). The zero-order valence-electron chi connectivity index (χ0n) is 23.8. The number of carboxylic acid groups (broad SMARTS) is 1. The van der Waals surface area contributed by atoms with E-state index in [1.807, 2.05) is 65.0 Å². The van der Waals surface area contributed by atoms with Crippen LogP contribution in [0.4, 0.5) is 4.79 Å². The number of halogens is 1. The van der Waals surface area contributed by atoms with Crippen molar-refractivity contribution < 1.29 is 23.1 Å². The summed E-state index contributed by atoms with van der Waals surface area (Å²) in [4.78, 5) is 30.3. The number of nitrogens with zero attached hydrogens (tertiary/aromatic N) is 4. The first-order valence-corrected chi connectivity index (χ1v) is 15.3. The number of carbonyl (C=O) groups is 2. The van der Waals surface area contributed by atoms with E-state index in [0.29, 0.717) is 18.7 Å². The van der Waals surface area contributed by atoms with Crippen LogP contribution in [-0.2, 0) is 15.4 Å². The molecule has 0 aliphatic carbocycles. The van der Waals surface area contributed by atoms with Crippen molar-refractivity contribution in [3.63, 3.8) is 0 Å². The Morgan fingerprint density at radius 3 is 2.41 bits per heavy atom. The molecule has 1 aromatic carbocycles. The van der Waals surface area contributed by atoms with Crippen molar-refractivity contribution in [3.05, 3.63) is 76.7 Å². The van der Waals surface area contributed by atoms with Crippen molar-refractivity contribution in [2.45, 2.75) is 75.9 Å². The number of sulfonamides is 1. The molecule has 1 saturated heterocycles. The summed E-state index contributed by atoms with van der Waals surface area (Å²) in [6.07, 6.45) is 2.73. The third-order valence-corrected chi connectivity index (χ3v) is 9.00. The molecular formula is C29H36ClN5O5S. The normalized spacial score (nSPS) is 17.8. The summed E-state index contributed by atoms with van der Waals surface area (Å²) < 4.78 is 29.9. The van der Waals surface area contributed by atoms with Crippen molar-refractivity contribution in [3.8, 4) is 0 Å². The first kappa shape index (κ1) is 30.5. The van der Waals surface area contributed by atoms with Gasteiger partial charge in [-0.25, -0.2) is 14.5 Å². The highest BCUT2D eigenvalue weighted by Gasteiger charge is 2.41. The number of aromatic nitrogens is 3. The molecule has 1 aliphatic heterocycles. The van der Waals surface area contributed by atoms with Gasteiger partial charge in [-0.1, -0.05) is 62.7 Å². The van der Waals surface area contributed by atoms with E-state index in [1.54, 1.807) is 16.9 Å². The third-order valence-electron chi connectivity index (χ3n) is 7.49. The van der Waals surface area contributed by atoms with Gasteiger partial charge in [0.2, 0.25) is 0 Å². The lowest BCUT2D eigenvalue weighted by Crippen LogP contribution is -2.41. The summed E-state index contributed by atoms with van der Waals surface area (Å²) in [7, 11) is -4.31. The average molecular weight is 602 g/mol. The molecule has 0 saturated carbocycles. The predicted molar refractivity (Wildman–Crippen MR) is 156 cm³/mol. The Morgan fingerprint density at radius 2 is 1.83 bits per heavy atom. The van der Waals surface area contributed by atoms with Gasteiger partial charge in [0, 0.05) is 29.4 Å². The number of benzene rings is 1. The van der Waals surface area contributed by atoms with Gasteiger partial charge >= 0.3 is 6.09 Å². The Labute approximate surface area is 245 Å². The van der Waals surface area contributed by atoms with Gasteiger partial charge in [-0.05, 0) is 62.8 Å². The van der Waals surface area contributed by atoms with Crippen molar-refractivity contribution in [1.29, 1.82) is 0 Å². The second-order valence-corrected chi connectivity index (χ2v) is 14.1. The van der Waals surface area contributed by atoms with E-state index in [0.717, 1.165) is 18.4 Å². The van der Waals surface area contributed by atoms with E-state index in [2.05, 4.69) is 14.8 Å². The van der Waals surface area contributed by atoms with E-state index in [1.165, 1.54) is 17.0 Å². The maximum absolute atomic E-state index is 13.1. The van der Waals surface area contributed by atoms with Crippen LogP contribution in [0.25, 0.3) is 0 Å². The number of amides is 2. The zero-order valence-corrected chi connectivity index (χ0v) is 25.4. The number of carbonyl (C=O) groups excluding carboxylic acids is 1. The van der Waals surface area contributed by atoms with Gasteiger partial charge in [-0.2, -0.15) is 13.5 Å². The molecule has 2 atom stereocenters. The van der Waals surface area contributed by atoms with Gasteiger partial charge in [-0.3, -0.25) is 9.48 Å². The molecule has 10 nitrogen and oxygen atoms in total. The van der Waals surface area contributed by atoms with E-state index < -0.39 is 27.6 Å². The fourth-order valence-corrected chi connectivity index (χ4v) is 6.47. The molecule has 3 aromatic rings. The van der Waals surface area contributed by atoms with Crippen LogP contribution in [0.15, 0.2) is 59.8 Å². The fraction of sp³-hybridized carbons (Fsp3) is 0.448. The van der Waals surface area contributed by atoms with Gasteiger partial charge in [0.1, 0.15) is 5.15 Å². The molecular weight excluding hydrogens is 566 g/mol. The molecule has 2 N–H and O–H groups in total. The van der Waals surface area contributed by atoms with Crippen LogP contribution in [0.5, 0.6) is 0 Å². The minimum Gasteiger partial charge on any atom is -0.465 e. The van der Waals surface area contributed by atoms with Crippen LogP contribution in [0.3, 0.4) is 0 Å². The van der Waals surface area contributed by atoms with E-state index in [4.69, 9.17) is 11.6 Å². The summed E-state index contributed by atoms with van der Waals surface area (Å²) in [6.45, 7) is 10.2. The Morgan fingerprint density at radius 1 is 1.15 bits per heavy atom. The molecule has 1 fully saturated rings. The van der Waals surface area contributed by atoms with Crippen LogP contribution < -0.4 is 4.72 Å². The molecule has 220 valence electrons. The minimum absolute atomic E-state index is 0.0558. The van der Waals surface area contributed by atoms with Crippen LogP contribution in [-0.4, -0.2) is 57.3 Å². The van der Waals surface area contributed by atoms with Crippen molar-refractivity contribution in [1.82, 2.24) is 24.4 Å². The van der Waals surface area contributed by atoms with Crippen LogP contribution >= 0.6 is 11.6 Å². The monoisotopic (exact) mass is 601 g/mol. The summed E-state index contributed by atoms with van der Waals surface area (Å²) in [5, 5.41) is 13.5. The molecule has 41 heavy (non-hydrogen) atoms. The SMILES string of the molecule is CC(C)(C)c1ccc(C(=O)NS(=O)(=O)c2ccn(C(CC[C@@H]3CN(C(=O)O)C(C)(C)C3)c3ccccc3)n2)c(Cl)n1. The number of hydrogen-bond donors (Lipinski definition) is 2. The van der Waals surface area contributed by atoms with Crippen molar-refractivity contribution in [2.75, 3.05) is 6.54 Å². The van der Waals surface area contributed by atoms with Crippen LogP contribution in [0.2, 0.25) is 5.15 Å². The predicted octanol–water partition coefficient (Wildman–Crippen LogP) is 5.50. The Kier molecular flexibility index (Phi) is 8.52. The van der Waals surface area contributed by atoms with Crippen molar-refractivity contribution >= 4 is 33.6 Å². The molecule has 0 bridgehead atoms. The topological polar surface area (TPSA) is 134 Å². The van der Waals surface area contributed by atoms with Crippen LogP contribution in [0.1, 0.15) is 81.5 Å². The first-order valence-electron chi connectivity index (χ1n) is 13.4. The molecule has 1 unspecified atom stereocenters. The summed E-state index contributed by atoms with van der Waals surface area (Å²) >= 11 is 6.23. The lowest BCUT2D eigenvalue weighted by Gasteiger charge is -2.28. The summed E-state index contributed by atoms with van der Waals surface area (Å²) in [6, 6.07) is 13.7. The van der Waals surface area contributed by atoms with Crippen LogP contribution in [0, 0.1) is 5.92 Å². The lowest BCUT2D eigenvalue weighted by molar-refractivity contribution is 0.0980. The molecule has 2 amide bonds. The Bertz CT molecular complexity index is 1530. The highest BCUT2D eigenvalue weighted by atomic mass is 35.5. The summed E-state index contributed by atoms with van der Waals surface area (Å²) in [5.41, 5.74) is 0.808. The maximum atomic E-state index is 13.1. The number of nitrogens with one attached hydrogen (secondary N) is 1. The van der Waals surface area contributed by atoms with Gasteiger partial charge in [-0.15, -0.1) is 0 Å². The maximum Gasteiger partial charge on any atom is 0.407 e. The van der Waals surface area contributed by atoms with Crippen molar-refractivity contribution in [2.24, 2.45) is 5.92 Å². The second kappa shape index (κ2) is 11.4. The van der Waals surface area contributed by atoms with Gasteiger partial charge in [0.15, 0.2) is 5.03 Å². The number of hydrogen-bond acceptors (Lipinski definition) is 6. The van der Waals surface area contributed by atoms with E-state index >= 15 is 0 Å². The lowest BCUT2D eigenvalue weighted by atomic mass is 9.90. The van der Waals surface area contributed by atoms with Gasteiger partial charge < -0.3 is 10.0 Å². The number of rotatable bonds is 8. The quantitative estimate of drug-likeness (QED) is 0.326. The highest BCUT2D eigenvalue weighted by molar-refractivity contribution is 7.90. The van der Waals surface area contributed by atoms with E-state index in [-0.39, 0.29) is 33.1 Å². The molecule has 0 radical (unpaired) electrons. The number of pyridine rings is 1. The molecule has 2 aromatic heterocycles. The Balaban J connectivity index is 1.53. The summed E-state index contributed by atoms with van der Waals surface area (Å²) in [5.74, 6) is -0.739. The fourth-order valence-electron chi connectivity index (χ4n) is 5.33. The van der Waals surface area contributed by atoms with Gasteiger partial charge in [0.05, 0.1) is 11.6 Å². The molecule has 12 heteroatoms. The standard InChI is InChI=1S/C29H36ClN5O5S/c1-28(2,3)23-14-12-21(25(30)31-23)26(36)33-41(39,40)24-15-16-35(32-24)22(20-9-7-6-8-10-20)13-11-19-17-29(4,5)34(18-19)27(37)38/h6-10,12,14-16,19,22H,11,13,17-18H2,1-5H3,(H,33,36)(H,37,38)/t19-,22?/m0/s1. The third kappa shape index (κ3) is 6.90. The van der Waals surface area contributed by atoms with E-state index in [9.17, 15) is 23.1 Å². The molecule has 1 aliphatic rings. The second-order valence-electron chi connectivity index (χ2n) is 12.1. The smallest absolute Gasteiger partial charge is 0.407 e. The highest BCUT2D eigenvalue weighted by Crippen LogP contribution is 2.37. The molecule has 3 heterocycles. The largest absolute Gasteiger partial charge is 0.465 e. The zero-order chi connectivity index (χ0) is 30.2. The molecule has 0 spiro atoms. The minimum atomic E-state index is -4.31.